The third-order valence-electron chi connectivity index (χ3n) is 3.21. The van der Waals surface area contributed by atoms with Crippen molar-refractivity contribution in [2.24, 2.45) is 0 Å². The highest BCUT2D eigenvalue weighted by molar-refractivity contribution is 5.85. The minimum atomic E-state index is -0.922. The Balaban J connectivity index is 0.000000177. The van der Waals surface area contributed by atoms with E-state index in [1.165, 1.54) is 0 Å². The van der Waals surface area contributed by atoms with Crippen molar-refractivity contribution in [1.82, 2.24) is 0 Å². The molecule has 0 bridgehead atoms. The maximum Gasteiger partial charge on any atom is 0.328 e. The molecule has 2 N–H and O–H groups in total. The highest BCUT2D eigenvalue weighted by Crippen LogP contribution is 2.27. The van der Waals surface area contributed by atoms with Gasteiger partial charge in [-0.15, -0.1) is 0 Å². The van der Waals surface area contributed by atoms with Gasteiger partial charge < -0.3 is 10.2 Å². The van der Waals surface area contributed by atoms with Crippen molar-refractivity contribution in [2.75, 3.05) is 0 Å². The van der Waals surface area contributed by atoms with Crippen molar-refractivity contribution in [3.8, 4) is 16.9 Å². The third-order valence-corrected chi connectivity index (χ3v) is 3.21. The number of phenolic OH excluding ortho intramolecular Hbond substituents is 1. The summed E-state index contributed by atoms with van der Waals surface area (Å²) in [5, 5.41) is 17.9. The van der Waals surface area contributed by atoms with Crippen LogP contribution in [-0.2, 0) is 4.79 Å². The van der Waals surface area contributed by atoms with E-state index in [1.54, 1.807) is 12.1 Å². The Kier molecular flexibility index (Phi) is 6.35. The molecule has 0 unspecified atom stereocenters. The zero-order valence-corrected chi connectivity index (χ0v) is 13.0. The molecule has 0 aromatic heterocycles. The molecule has 3 nitrogen and oxygen atoms in total. The Morgan fingerprint density at radius 1 is 0.750 bits per heavy atom. The van der Waals surface area contributed by atoms with Gasteiger partial charge in [0.05, 0.1) is 0 Å². The van der Waals surface area contributed by atoms with Crippen molar-refractivity contribution in [3.63, 3.8) is 0 Å². The molecule has 0 fully saturated rings. The Hall–Kier alpha value is -3.33. The van der Waals surface area contributed by atoms with Gasteiger partial charge >= 0.3 is 5.97 Å². The summed E-state index contributed by atoms with van der Waals surface area (Å²) in [7, 11) is 0. The van der Waals surface area contributed by atoms with E-state index in [9.17, 15) is 9.90 Å². The van der Waals surface area contributed by atoms with Crippen LogP contribution in [0.1, 0.15) is 5.56 Å². The first-order valence-electron chi connectivity index (χ1n) is 7.46. The van der Waals surface area contributed by atoms with E-state index in [1.807, 2.05) is 78.9 Å². The molecule has 0 aliphatic rings. The Labute approximate surface area is 141 Å². The molecule has 0 aliphatic carbocycles. The van der Waals surface area contributed by atoms with Gasteiger partial charge in [-0.05, 0) is 23.3 Å². The standard InChI is InChI=1S/C12H10O.C9H8O2/c13-12-9-5-4-8-11(12)10-6-2-1-3-7-10;10-9(11)7-6-8-4-2-1-3-5-8/h1-9,13H;1-7H,(H,10,11). The van der Waals surface area contributed by atoms with Crippen LogP contribution in [0.2, 0.25) is 0 Å². The van der Waals surface area contributed by atoms with Crippen LogP contribution < -0.4 is 0 Å². The molecule has 120 valence electrons. The predicted molar refractivity (Wildman–Crippen MR) is 96.7 cm³/mol. The van der Waals surface area contributed by atoms with Gasteiger partial charge in [-0.3, -0.25) is 0 Å². The zero-order valence-electron chi connectivity index (χ0n) is 13.0. The zero-order chi connectivity index (χ0) is 17.2. The van der Waals surface area contributed by atoms with Crippen LogP contribution in [0.25, 0.3) is 17.2 Å². The van der Waals surface area contributed by atoms with Crippen molar-refractivity contribution < 1.29 is 15.0 Å². The number of carbonyl (C=O) groups is 1. The van der Waals surface area contributed by atoms with E-state index in [4.69, 9.17) is 5.11 Å². The van der Waals surface area contributed by atoms with E-state index in [2.05, 4.69) is 0 Å². The molecule has 0 saturated heterocycles. The minimum Gasteiger partial charge on any atom is -0.507 e. The summed E-state index contributed by atoms with van der Waals surface area (Å²) in [6, 6.07) is 26.5. The molecule has 0 spiro atoms. The van der Waals surface area contributed by atoms with Crippen LogP contribution >= 0.6 is 0 Å². The summed E-state index contributed by atoms with van der Waals surface area (Å²) in [6.45, 7) is 0. The lowest BCUT2D eigenvalue weighted by Crippen LogP contribution is -1.85. The molecule has 0 heterocycles. The number of carboxylic acid groups (broad SMARTS) is 1. The van der Waals surface area contributed by atoms with Crippen LogP contribution in [0, 0.1) is 0 Å². The first-order valence-corrected chi connectivity index (χ1v) is 7.46. The number of aliphatic carboxylic acids is 1. The lowest BCUT2D eigenvalue weighted by molar-refractivity contribution is -0.131. The summed E-state index contributed by atoms with van der Waals surface area (Å²) in [4.78, 5) is 10.1. The topological polar surface area (TPSA) is 57.5 Å². The van der Waals surface area contributed by atoms with Gasteiger partial charge in [0, 0.05) is 11.6 Å². The summed E-state index contributed by atoms with van der Waals surface area (Å²) in [5.74, 6) is -0.595. The SMILES string of the molecule is O=C(O)C=Cc1ccccc1.Oc1ccccc1-c1ccccc1. The van der Waals surface area contributed by atoms with Crippen molar-refractivity contribution >= 4 is 12.0 Å². The number of benzene rings is 3. The lowest BCUT2D eigenvalue weighted by Gasteiger charge is -2.02. The van der Waals surface area contributed by atoms with Gasteiger partial charge in [0.1, 0.15) is 5.75 Å². The quantitative estimate of drug-likeness (QED) is 0.679. The van der Waals surface area contributed by atoms with Gasteiger partial charge in [0.2, 0.25) is 0 Å². The fourth-order valence-corrected chi connectivity index (χ4v) is 2.07. The highest BCUT2D eigenvalue weighted by atomic mass is 16.4. The fraction of sp³-hybridized carbons (Fsp3) is 0. The Morgan fingerprint density at radius 2 is 1.29 bits per heavy atom. The van der Waals surface area contributed by atoms with Gasteiger partial charge in [-0.1, -0.05) is 78.9 Å². The van der Waals surface area contributed by atoms with Crippen molar-refractivity contribution in [2.45, 2.75) is 0 Å². The maximum absolute atomic E-state index is 10.1. The highest BCUT2D eigenvalue weighted by Gasteiger charge is 2.00. The molecule has 3 aromatic carbocycles. The molecule has 3 heteroatoms. The number of phenols is 1. The number of hydrogen-bond donors (Lipinski definition) is 2. The molecule has 3 rings (SSSR count). The van der Waals surface area contributed by atoms with Crippen LogP contribution in [0.5, 0.6) is 5.75 Å². The summed E-state index contributed by atoms with van der Waals surface area (Å²) in [5.41, 5.74) is 2.82. The summed E-state index contributed by atoms with van der Waals surface area (Å²) in [6.07, 6.45) is 2.68. The van der Waals surface area contributed by atoms with Crippen LogP contribution in [0.15, 0.2) is 91.0 Å². The molecule has 0 saturated carbocycles. The molecule has 0 radical (unpaired) electrons. The van der Waals surface area contributed by atoms with E-state index < -0.39 is 5.97 Å². The van der Waals surface area contributed by atoms with Gasteiger partial charge in [-0.2, -0.15) is 0 Å². The van der Waals surface area contributed by atoms with E-state index in [0.717, 1.165) is 22.8 Å². The predicted octanol–water partition coefficient (Wildman–Crippen LogP) is 4.84. The van der Waals surface area contributed by atoms with Crippen LogP contribution in [-0.4, -0.2) is 16.2 Å². The average Bonchev–Trinajstić information content (AvgIpc) is 2.63. The summed E-state index contributed by atoms with van der Waals surface area (Å²) >= 11 is 0. The number of aromatic hydroxyl groups is 1. The second-order valence-electron chi connectivity index (χ2n) is 4.97. The fourth-order valence-electron chi connectivity index (χ4n) is 2.07. The van der Waals surface area contributed by atoms with Crippen molar-refractivity contribution in [3.05, 3.63) is 96.6 Å². The van der Waals surface area contributed by atoms with Crippen molar-refractivity contribution in [1.29, 1.82) is 0 Å². The molecule has 0 aliphatic heterocycles. The Morgan fingerprint density at radius 3 is 1.88 bits per heavy atom. The Bertz CT molecular complexity index is 794. The number of para-hydroxylation sites is 1. The van der Waals surface area contributed by atoms with E-state index in [0.29, 0.717) is 5.75 Å². The van der Waals surface area contributed by atoms with Crippen LogP contribution in [0.3, 0.4) is 0 Å². The molecule has 24 heavy (non-hydrogen) atoms. The van der Waals surface area contributed by atoms with Gasteiger partial charge in [0.15, 0.2) is 0 Å². The van der Waals surface area contributed by atoms with Gasteiger partial charge in [0.25, 0.3) is 0 Å². The minimum absolute atomic E-state index is 0.328. The maximum atomic E-state index is 10.1. The average molecular weight is 318 g/mol. The largest absolute Gasteiger partial charge is 0.507 e. The normalized spacial score (nSPS) is 10.0. The molecule has 3 aromatic rings. The van der Waals surface area contributed by atoms with Gasteiger partial charge in [-0.25, -0.2) is 4.79 Å². The number of hydrogen-bond acceptors (Lipinski definition) is 2. The summed E-state index contributed by atoms with van der Waals surface area (Å²) < 4.78 is 0. The monoisotopic (exact) mass is 318 g/mol. The molecular weight excluding hydrogens is 300 g/mol. The lowest BCUT2D eigenvalue weighted by atomic mass is 10.1. The second kappa shape index (κ2) is 8.96. The first kappa shape index (κ1) is 17.0. The second-order valence-corrected chi connectivity index (χ2v) is 4.97. The number of rotatable bonds is 3. The van der Waals surface area contributed by atoms with E-state index in [-0.39, 0.29) is 0 Å². The first-order chi connectivity index (χ1) is 11.7. The third kappa shape index (κ3) is 5.46. The molecule has 0 atom stereocenters. The van der Waals surface area contributed by atoms with Crippen LogP contribution in [0.4, 0.5) is 0 Å². The smallest absolute Gasteiger partial charge is 0.328 e. The van der Waals surface area contributed by atoms with E-state index >= 15 is 0 Å². The molecule has 0 amide bonds. The molecular formula is C21H18O3. The number of carboxylic acids is 1.